The van der Waals surface area contributed by atoms with Crippen LogP contribution in [0.2, 0.25) is 0 Å². The Morgan fingerprint density at radius 2 is 0.393 bits per heavy atom. The third-order valence-corrected chi connectivity index (χ3v) is 28.0. The van der Waals surface area contributed by atoms with Gasteiger partial charge in [-0.15, -0.1) is 0 Å². The van der Waals surface area contributed by atoms with Crippen molar-refractivity contribution in [3.8, 4) is 89.0 Å². The second-order valence-corrected chi connectivity index (χ2v) is 44.7. The van der Waals surface area contributed by atoms with Gasteiger partial charge in [-0.3, -0.25) is 0 Å². The Bertz CT molecular complexity index is 6690. The first-order valence-electron chi connectivity index (χ1n) is 48.5. The van der Waals surface area contributed by atoms with Crippen LogP contribution in [0.4, 0.5) is 68.2 Å². The molecular formula is C130H127BN4. The molecule has 19 rings (SSSR count). The Labute approximate surface area is 804 Å². The number of anilines is 12. The van der Waals surface area contributed by atoms with Crippen molar-refractivity contribution < 1.29 is 0 Å². The van der Waals surface area contributed by atoms with E-state index in [1.807, 2.05) is 0 Å². The second kappa shape index (κ2) is 34.8. The molecule has 0 atom stereocenters. The summed E-state index contributed by atoms with van der Waals surface area (Å²) in [4.78, 5) is 10.6. The fraction of sp³-hybridized carbons (Fsp3) is 0.215. The molecule has 0 saturated carbocycles. The van der Waals surface area contributed by atoms with Gasteiger partial charge in [0.25, 0.3) is 6.71 Å². The highest BCUT2D eigenvalue weighted by molar-refractivity contribution is 7.00. The van der Waals surface area contributed by atoms with E-state index < -0.39 is 5.41 Å². The minimum atomic E-state index is -0.426. The van der Waals surface area contributed by atoms with Gasteiger partial charge in [0.1, 0.15) is 0 Å². The lowest BCUT2D eigenvalue weighted by Crippen LogP contribution is -2.61. The molecule has 670 valence electrons. The van der Waals surface area contributed by atoms with Crippen LogP contribution in [-0.2, 0) is 37.9 Å². The van der Waals surface area contributed by atoms with Crippen molar-refractivity contribution in [3.05, 3.63) is 427 Å². The topological polar surface area (TPSA) is 13.0 Å². The van der Waals surface area contributed by atoms with Crippen molar-refractivity contribution in [2.75, 3.05) is 19.6 Å². The quantitative estimate of drug-likeness (QED) is 0.0894. The highest BCUT2D eigenvalue weighted by Crippen LogP contribution is 2.58. The van der Waals surface area contributed by atoms with Gasteiger partial charge in [-0.25, -0.2) is 0 Å². The normalized spacial score (nSPS) is 12.9. The van der Waals surface area contributed by atoms with Crippen LogP contribution in [0.1, 0.15) is 184 Å². The molecule has 0 radical (unpaired) electrons. The largest absolute Gasteiger partial charge is 0.310 e. The van der Waals surface area contributed by atoms with Crippen LogP contribution in [0.3, 0.4) is 0 Å². The monoisotopic (exact) mass is 1760 g/mol. The molecule has 0 spiro atoms. The average Bonchev–Trinajstić information content (AvgIpc) is 0.682. The summed E-state index contributed by atoms with van der Waals surface area (Å²) in [6, 6.07) is 149. The molecule has 17 aromatic rings. The Kier molecular flexibility index (Phi) is 23.2. The van der Waals surface area contributed by atoms with Crippen LogP contribution in [0.25, 0.3) is 89.0 Å². The lowest BCUT2D eigenvalue weighted by Gasteiger charge is -2.47. The van der Waals surface area contributed by atoms with Crippen LogP contribution in [0.15, 0.2) is 388 Å². The number of hydrogen-bond donors (Lipinski definition) is 0. The van der Waals surface area contributed by atoms with Crippen molar-refractivity contribution in [1.82, 2.24) is 0 Å². The van der Waals surface area contributed by atoms with Crippen LogP contribution in [0, 0.1) is 0 Å². The van der Waals surface area contributed by atoms with E-state index in [-0.39, 0.29) is 39.2 Å². The van der Waals surface area contributed by atoms with E-state index >= 15 is 0 Å². The standard InChI is InChI=1S/C130H127BN4/c1-124(2,3)98-56-64-105(65-57-98)132(106-66-58-99(59-67-106)125(4,5)6)109-72-74-115-117(84-109)134(122-111(92-40-30-24-31-41-92)78-102(128(13,14)15)80-113(122)96-46-34-44-94(76-96)90-52-48-88(49-53-90)86-36-26-22-27-37-86)119-82-104(130(19,20)21)83-120-121(119)131(115)116-75-73-110(133(107-68-60-100(61-69-107)126(7,8)9)108-70-62-101(63-71-108)127(10,11)12)85-118(116)135(120)123-112(93-42-32-25-33-43-93)79-103(129(16,17)18)81-114(123)97-47-35-45-95(77-97)91-54-50-89(51-55-91)87-38-28-23-29-39-87/h22-85H,1-21H3. The first-order valence-corrected chi connectivity index (χ1v) is 48.5. The lowest BCUT2D eigenvalue weighted by molar-refractivity contribution is 0.590. The molecule has 2 aliphatic heterocycles. The van der Waals surface area contributed by atoms with Gasteiger partial charge in [0, 0.05) is 79.1 Å². The maximum absolute atomic E-state index is 2.77. The van der Waals surface area contributed by atoms with E-state index in [2.05, 4.69) is 553 Å². The molecule has 0 fully saturated rings. The Hall–Kier alpha value is -14.0. The van der Waals surface area contributed by atoms with Crippen LogP contribution < -0.4 is 36.0 Å². The summed E-state index contributed by atoms with van der Waals surface area (Å²) in [5.41, 5.74) is 42.5. The Balaban J connectivity index is 0.971. The molecule has 0 unspecified atom stereocenters. The fourth-order valence-electron chi connectivity index (χ4n) is 19.9. The molecule has 4 nitrogen and oxygen atoms in total. The summed E-state index contributed by atoms with van der Waals surface area (Å²) < 4.78 is 0. The van der Waals surface area contributed by atoms with Gasteiger partial charge in [0.2, 0.25) is 0 Å². The molecule has 2 aliphatic rings. The van der Waals surface area contributed by atoms with Gasteiger partial charge in [-0.1, -0.05) is 412 Å². The predicted molar refractivity (Wildman–Crippen MR) is 584 cm³/mol. The van der Waals surface area contributed by atoms with Crippen molar-refractivity contribution in [1.29, 1.82) is 0 Å². The SMILES string of the molecule is CC(C)(C)c1ccc(N(c2ccc(C(C)(C)C)cc2)c2ccc3c(c2)N(c2c(-c4ccccc4)cc(C(C)(C)C)cc2-c2cccc(-c4ccc(-c5ccccc5)cc4)c2)c2cc(C(C)(C)C)cc4c2B3c2ccc(N(c3ccc(C(C)(C)C)cc3)c3ccc(C(C)(C)C)cc3)cc2N4c2c(-c3ccccc3)cc(C(C)(C)C)cc2-c2cccc(-c3ccc(-c4ccccc4)cc3)c2)cc1. The first-order chi connectivity index (χ1) is 64.3. The zero-order valence-electron chi connectivity index (χ0n) is 82.8. The fourth-order valence-corrected chi connectivity index (χ4v) is 19.9. The van der Waals surface area contributed by atoms with Crippen LogP contribution >= 0.6 is 0 Å². The molecule has 0 aliphatic carbocycles. The highest BCUT2D eigenvalue weighted by Gasteiger charge is 2.47. The molecular weight excluding hydrogens is 1630 g/mol. The summed E-state index contributed by atoms with van der Waals surface area (Å²) >= 11 is 0. The third-order valence-electron chi connectivity index (χ3n) is 28.0. The summed E-state index contributed by atoms with van der Waals surface area (Å²) in [6.45, 7) is 49.0. The van der Waals surface area contributed by atoms with Gasteiger partial charge in [0.05, 0.1) is 11.4 Å². The highest BCUT2D eigenvalue weighted by atomic mass is 15.2. The van der Waals surface area contributed by atoms with Crippen molar-refractivity contribution >= 4 is 91.3 Å². The minimum Gasteiger partial charge on any atom is -0.310 e. The summed E-state index contributed by atoms with van der Waals surface area (Å²) in [5.74, 6) is 0. The maximum atomic E-state index is 2.77. The summed E-state index contributed by atoms with van der Waals surface area (Å²) in [7, 11) is 0. The van der Waals surface area contributed by atoms with Gasteiger partial charge in [-0.05, 0) is 281 Å². The van der Waals surface area contributed by atoms with E-state index in [9.17, 15) is 0 Å². The van der Waals surface area contributed by atoms with E-state index in [0.29, 0.717) is 0 Å². The van der Waals surface area contributed by atoms with E-state index in [4.69, 9.17) is 0 Å². The van der Waals surface area contributed by atoms with Crippen LogP contribution in [-0.4, -0.2) is 6.71 Å². The van der Waals surface area contributed by atoms with Gasteiger partial charge < -0.3 is 19.6 Å². The molecule has 0 aromatic heterocycles. The van der Waals surface area contributed by atoms with Crippen molar-refractivity contribution in [2.24, 2.45) is 0 Å². The molecule has 17 aromatic carbocycles. The van der Waals surface area contributed by atoms with Gasteiger partial charge >= 0.3 is 0 Å². The third kappa shape index (κ3) is 17.8. The molecule has 0 N–H and O–H groups in total. The molecule has 0 saturated heterocycles. The maximum Gasteiger partial charge on any atom is 0.252 e. The van der Waals surface area contributed by atoms with E-state index in [1.165, 1.54) is 77.6 Å². The van der Waals surface area contributed by atoms with Crippen molar-refractivity contribution in [2.45, 2.75) is 183 Å². The summed E-state index contributed by atoms with van der Waals surface area (Å²) in [6.07, 6.45) is 0. The molecule has 2 heterocycles. The van der Waals surface area contributed by atoms with Gasteiger partial charge in [0.15, 0.2) is 0 Å². The molecule has 135 heavy (non-hydrogen) atoms. The Morgan fingerprint density at radius 3 is 0.667 bits per heavy atom. The smallest absolute Gasteiger partial charge is 0.252 e. The van der Waals surface area contributed by atoms with Crippen LogP contribution in [0.5, 0.6) is 0 Å². The molecule has 0 amide bonds. The molecule has 5 heteroatoms. The minimum absolute atomic E-state index is 0.0754. The lowest BCUT2D eigenvalue weighted by atomic mass is 9.33. The first kappa shape index (κ1) is 90.2. The Morgan fingerprint density at radius 1 is 0.170 bits per heavy atom. The number of nitrogens with zero attached hydrogens (tertiary/aromatic N) is 4. The van der Waals surface area contributed by atoms with Crippen molar-refractivity contribution in [3.63, 3.8) is 0 Å². The number of benzene rings is 17. The molecule has 0 bridgehead atoms. The number of hydrogen-bond acceptors (Lipinski definition) is 4. The summed E-state index contributed by atoms with van der Waals surface area (Å²) in [5, 5.41) is 0. The average molecular weight is 1760 g/mol. The number of rotatable bonds is 16. The number of fused-ring (bicyclic) bond motifs is 4. The van der Waals surface area contributed by atoms with E-state index in [0.717, 1.165) is 135 Å². The predicted octanol–water partition coefficient (Wildman–Crippen LogP) is 35.1. The van der Waals surface area contributed by atoms with Gasteiger partial charge in [-0.2, -0.15) is 0 Å². The van der Waals surface area contributed by atoms with E-state index in [1.54, 1.807) is 0 Å². The zero-order valence-corrected chi connectivity index (χ0v) is 82.8. The zero-order chi connectivity index (χ0) is 94.6. The second-order valence-electron chi connectivity index (χ2n) is 44.7.